The Morgan fingerprint density at radius 3 is 2.40 bits per heavy atom. The number of aliphatic hydroxyl groups excluding tert-OH is 1. The van der Waals surface area contributed by atoms with Crippen molar-refractivity contribution in [1.29, 1.82) is 0 Å². The molecule has 1 fully saturated rings. The van der Waals surface area contributed by atoms with Gasteiger partial charge in [-0.3, -0.25) is 0 Å². The zero-order valence-corrected chi connectivity index (χ0v) is 12.1. The van der Waals surface area contributed by atoms with Gasteiger partial charge in [0, 0.05) is 32.8 Å². The van der Waals surface area contributed by atoms with Crippen LogP contribution in [0.3, 0.4) is 0 Å². The molecule has 0 aliphatic carbocycles. The van der Waals surface area contributed by atoms with Crippen LogP contribution in [0.4, 0.5) is 17.8 Å². The molecule has 112 valence electrons. The lowest BCUT2D eigenvalue weighted by Gasteiger charge is -2.17. The van der Waals surface area contributed by atoms with Crippen molar-refractivity contribution in [3.05, 3.63) is 0 Å². The van der Waals surface area contributed by atoms with E-state index >= 15 is 0 Å². The number of nitrogens with one attached hydrogen (secondary N) is 2. The minimum absolute atomic E-state index is 0.223. The average molecular weight is 280 g/mol. The molecule has 7 nitrogen and oxygen atoms in total. The molecular weight excluding hydrogens is 256 g/mol. The molecule has 20 heavy (non-hydrogen) atoms. The Morgan fingerprint density at radius 2 is 1.75 bits per heavy atom. The molecule has 1 aromatic rings. The predicted molar refractivity (Wildman–Crippen MR) is 80.2 cm³/mol. The third kappa shape index (κ3) is 4.19. The maximum atomic E-state index is 8.78. The molecule has 1 saturated heterocycles. The van der Waals surface area contributed by atoms with Crippen molar-refractivity contribution in [2.75, 3.05) is 48.3 Å². The summed E-state index contributed by atoms with van der Waals surface area (Å²) in [4.78, 5) is 15.5. The molecule has 0 saturated carbocycles. The van der Waals surface area contributed by atoms with E-state index in [-0.39, 0.29) is 6.61 Å². The fourth-order valence-corrected chi connectivity index (χ4v) is 2.18. The monoisotopic (exact) mass is 280 g/mol. The summed E-state index contributed by atoms with van der Waals surface area (Å²) in [6.07, 6.45) is 4.08. The summed E-state index contributed by atoms with van der Waals surface area (Å²) < 4.78 is 0. The molecule has 0 aromatic carbocycles. The van der Waals surface area contributed by atoms with E-state index in [1.165, 1.54) is 12.8 Å². The fourth-order valence-electron chi connectivity index (χ4n) is 2.18. The summed E-state index contributed by atoms with van der Waals surface area (Å²) >= 11 is 0. The highest BCUT2D eigenvalue weighted by atomic mass is 16.2. The molecule has 3 N–H and O–H groups in total. The Bertz CT molecular complexity index is 408. The zero-order valence-electron chi connectivity index (χ0n) is 12.1. The van der Waals surface area contributed by atoms with Gasteiger partial charge in [-0.25, -0.2) is 0 Å². The molecule has 7 heteroatoms. The van der Waals surface area contributed by atoms with E-state index in [1.54, 1.807) is 0 Å². The molecular formula is C13H24N6O. The van der Waals surface area contributed by atoms with Crippen molar-refractivity contribution >= 4 is 17.8 Å². The van der Waals surface area contributed by atoms with Crippen LogP contribution in [-0.4, -0.2) is 52.8 Å². The molecule has 0 bridgehead atoms. The molecule has 1 aliphatic rings. The fraction of sp³-hybridized carbons (Fsp3) is 0.769. The van der Waals surface area contributed by atoms with Crippen LogP contribution in [0, 0.1) is 0 Å². The van der Waals surface area contributed by atoms with Gasteiger partial charge in [0.1, 0.15) is 0 Å². The van der Waals surface area contributed by atoms with Gasteiger partial charge in [-0.05, 0) is 32.6 Å². The quantitative estimate of drug-likeness (QED) is 0.614. The van der Waals surface area contributed by atoms with E-state index in [0.29, 0.717) is 11.9 Å². The molecule has 1 aromatic heterocycles. The third-order valence-electron chi connectivity index (χ3n) is 3.22. The van der Waals surface area contributed by atoms with Gasteiger partial charge in [-0.15, -0.1) is 0 Å². The first-order valence-electron chi connectivity index (χ1n) is 7.43. The van der Waals surface area contributed by atoms with Crippen LogP contribution >= 0.6 is 0 Å². The van der Waals surface area contributed by atoms with Gasteiger partial charge in [0.25, 0.3) is 0 Å². The van der Waals surface area contributed by atoms with Gasteiger partial charge in [0.15, 0.2) is 0 Å². The second-order valence-corrected chi connectivity index (χ2v) is 4.86. The van der Waals surface area contributed by atoms with Gasteiger partial charge >= 0.3 is 0 Å². The van der Waals surface area contributed by atoms with E-state index < -0.39 is 0 Å². The molecule has 0 amide bonds. The number of hydrogen-bond donors (Lipinski definition) is 3. The van der Waals surface area contributed by atoms with Crippen molar-refractivity contribution in [2.45, 2.75) is 32.6 Å². The summed E-state index contributed by atoms with van der Waals surface area (Å²) in [5.41, 5.74) is 0. The molecule has 0 atom stereocenters. The van der Waals surface area contributed by atoms with Gasteiger partial charge in [-0.2, -0.15) is 15.0 Å². The minimum atomic E-state index is 0.223. The van der Waals surface area contributed by atoms with Gasteiger partial charge in [-0.1, -0.05) is 0 Å². The van der Waals surface area contributed by atoms with E-state index in [1.807, 2.05) is 6.92 Å². The van der Waals surface area contributed by atoms with Crippen molar-refractivity contribution in [3.63, 3.8) is 0 Å². The van der Waals surface area contributed by atoms with E-state index in [0.717, 1.165) is 45.0 Å². The van der Waals surface area contributed by atoms with Gasteiger partial charge in [0.2, 0.25) is 17.8 Å². The molecule has 1 aliphatic heterocycles. The van der Waals surface area contributed by atoms with Crippen molar-refractivity contribution in [3.8, 4) is 0 Å². The van der Waals surface area contributed by atoms with Crippen molar-refractivity contribution in [2.24, 2.45) is 0 Å². The standard InChI is InChI=1S/C13H24N6O/c1-2-14-11-16-12(15-7-3-6-10-20)18-13(17-11)19-8-4-5-9-19/h20H,2-10H2,1H3,(H2,14,15,16,17,18). The Balaban J connectivity index is 2.04. The van der Waals surface area contributed by atoms with Crippen LogP contribution < -0.4 is 15.5 Å². The summed E-state index contributed by atoms with van der Waals surface area (Å²) in [5, 5.41) is 15.1. The first-order chi connectivity index (χ1) is 9.83. The topological polar surface area (TPSA) is 86.2 Å². The van der Waals surface area contributed by atoms with Crippen LogP contribution in [0.5, 0.6) is 0 Å². The van der Waals surface area contributed by atoms with Crippen LogP contribution in [0.2, 0.25) is 0 Å². The van der Waals surface area contributed by atoms with Gasteiger partial charge < -0.3 is 20.6 Å². The molecule has 0 unspecified atom stereocenters. The summed E-state index contributed by atoms with van der Waals surface area (Å²) in [6.45, 7) is 5.82. The number of anilines is 3. The van der Waals surface area contributed by atoms with E-state index in [9.17, 15) is 0 Å². The largest absolute Gasteiger partial charge is 0.396 e. The van der Waals surface area contributed by atoms with Crippen LogP contribution in [0.15, 0.2) is 0 Å². The van der Waals surface area contributed by atoms with Crippen molar-refractivity contribution in [1.82, 2.24) is 15.0 Å². The molecule has 0 spiro atoms. The maximum Gasteiger partial charge on any atom is 0.231 e. The smallest absolute Gasteiger partial charge is 0.231 e. The highest BCUT2D eigenvalue weighted by molar-refractivity contribution is 5.44. The lowest BCUT2D eigenvalue weighted by molar-refractivity contribution is 0.286. The zero-order chi connectivity index (χ0) is 14.2. The molecule has 2 heterocycles. The van der Waals surface area contributed by atoms with E-state index in [4.69, 9.17) is 5.11 Å². The van der Waals surface area contributed by atoms with E-state index in [2.05, 4.69) is 30.5 Å². The predicted octanol–water partition coefficient (Wildman–Crippen LogP) is 1.09. The molecule has 0 radical (unpaired) electrons. The van der Waals surface area contributed by atoms with Crippen LogP contribution in [0.1, 0.15) is 32.6 Å². The third-order valence-corrected chi connectivity index (χ3v) is 3.22. The average Bonchev–Trinajstić information content (AvgIpc) is 2.98. The second kappa shape index (κ2) is 7.84. The summed E-state index contributed by atoms with van der Waals surface area (Å²) in [6, 6.07) is 0. The first-order valence-corrected chi connectivity index (χ1v) is 7.43. The highest BCUT2D eigenvalue weighted by Crippen LogP contribution is 2.18. The number of nitrogens with zero attached hydrogens (tertiary/aromatic N) is 4. The normalized spacial score (nSPS) is 14.6. The number of aromatic nitrogens is 3. The number of hydrogen-bond acceptors (Lipinski definition) is 7. The lowest BCUT2D eigenvalue weighted by atomic mass is 10.3. The highest BCUT2D eigenvalue weighted by Gasteiger charge is 2.17. The van der Waals surface area contributed by atoms with Crippen molar-refractivity contribution < 1.29 is 5.11 Å². The SMILES string of the molecule is CCNc1nc(NCCCCO)nc(N2CCCC2)n1. The Labute approximate surface area is 119 Å². The first kappa shape index (κ1) is 14.8. The maximum absolute atomic E-state index is 8.78. The van der Waals surface area contributed by atoms with Gasteiger partial charge in [0.05, 0.1) is 0 Å². The number of rotatable bonds is 8. The van der Waals surface area contributed by atoms with Crippen LogP contribution in [-0.2, 0) is 0 Å². The van der Waals surface area contributed by atoms with Crippen LogP contribution in [0.25, 0.3) is 0 Å². The summed E-state index contributed by atoms with van der Waals surface area (Å²) in [5.74, 6) is 1.97. The Hall–Kier alpha value is -1.63. The number of aliphatic hydroxyl groups is 1. The Kier molecular flexibility index (Phi) is 5.79. The lowest BCUT2D eigenvalue weighted by Crippen LogP contribution is -2.22. The summed E-state index contributed by atoms with van der Waals surface area (Å²) in [7, 11) is 0. The minimum Gasteiger partial charge on any atom is -0.396 e. The number of unbranched alkanes of at least 4 members (excludes halogenated alkanes) is 1. The molecule has 2 rings (SSSR count). The Morgan fingerprint density at radius 1 is 1.05 bits per heavy atom. The second-order valence-electron chi connectivity index (χ2n) is 4.86.